The van der Waals surface area contributed by atoms with Crippen LogP contribution in [0.1, 0.15) is 12.8 Å². The van der Waals surface area contributed by atoms with Crippen LogP contribution >= 0.6 is 0 Å². The summed E-state index contributed by atoms with van der Waals surface area (Å²) in [5.41, 5.74) is 11.7. The number of hydrogen-bond acceptors (Lipinski definition) is 4. The zero-order valence-electron chi connectivity index (χ0n) is 10.9. The first-order valence-electron chi connectivity index (χ1n) is 6.20. The van der Waals surface area contributed by atoms with Gasteiger partial charge in [0, 0.05) is 31.1 Å². The number of nitrogen functional groups attached to an aromatic ring is 1. The highest BCUT2D eigenvalue weighted by atomic mass is 19.1. The highest BCUT2D eigenvalue weighted by Gasteiger charge is 2.25. The number of benzene rings is 1. The molecule has 1 saturated heterocycles. The molecule has 1 amide bonds. The summed E-state index contributed by atoms with van der Waals surface area (Å²) in [6.07, 6.45) is 1.28. The third-order valence-corrected chi connectivity index (χ3v) is 3.54. The second-order valence-corrected chi connectivity index (χ2v) is 4.71. The van der Waals surface area contributed by atoms with Gasteiger partial charge in [-0.25, -0.2) is 4.39 Å². The van der Waals surface area contributed by atoms with Gasteiger partial charge >= 0.3 is 0 Å². The molecule has 19 heavy (non-hydrogen) atoms. The van der Waals surface area contributed by atoms with Crippen LogP contribution in [0.2, 0.25) is 0 Å². The van der Waals surface area contributed by atoms with Crippen LogP contribution in [0.15, 0.2) is 12.1 Å². The van der Waals surface area contributed by atoms with E-state index in [9.17, 15) is 9.18 Å². The largest absolute Gasteiger partial charge is 0.495 e. The zero-order chi connectivity index (χ0) is 14.0. The molecule has 1 fully saturated rings. The van der Waals surface area contributed by atoms with Crippen LogP contribution in [-0.2, 0) is 4.79 Å². The van der Waals surface area contributed by atoms with Crippen molar-refractivity contribution in [3.63, 3.8) is 0 Å². The topological polar surface area (TPSA) is 81.6 Å². The summed E-state index contributed by atoms with van der Waals surface area (Å²) in [5.74, 6) is -0.325. The molecule has 0 unspecified atom stereocenters. The average molecular weight is 267 g/mol. The number of nitrogens with two attached hydrogens (primary N) is 2. The van der Waals surface area contributed by atoms with E-state index in [1.807, 2.05) is 4.90 Å². The van der Waals surface area contributed by atoms with Crippen LogP contribution in [0.4, 0.5) is 15.8 Å². The Labute approximate surface area is 111 Å². The highest BCUT2D eigenvalue weighted by Crippen LogP contribution is 2.32. The Morgan fingerprint density at radius 1 is 1.42 bits per heavy atom. The summed E-state index contributed by atoms with van der Waals surface area (Å²) >= 11 is 0. The van der Waals surface area contributed by atoms with E-state index in [2.05, 4.69) is 0 Å². The van der Waals surface area contributed by atoms with Gasteiger partial charge in [-0.3, -0.25) is 4.79 Å². The quantitative estimate of drug-likeness (QED) is 0.804. The molecular weight excluding hydrogens is 249 g/mol. The fraction of sp³-hybridized carbons (Fsp3) is 0.462. The van der Waals surface area contributed by atoms with E-state index >= 15 is 0 Å². The number of nitrogens with zero attached hydrogens (tertiary/aromatic N) is 1. The van der Waals surface area contributed by atoms with Crippen molar-refractivity contribution in [2.24, 2.45) is 11.7 Å². The number of ether oxygens (including phenoxy) is 1. The molecule has 0 saturated carbocycles. The summed E-state index contributed by atoms with van der Waals surface area (Å²) in [6.45, 7) is 1.19. The number of amides is 1. The van der Waals surface area contributed by atoms with Crippen LogP contribution in [0.5, 0.6) is 5.75 Å². The highest BCUT2D eigenvalue weighted by molar-refractivity contribution is 5.77. The van der Waals surface area contributed by atoms with Gasteiger partial charge in [0.1, 0.15) is 11.6 Å². The van der Waals surface area contributed by atoms with E-state index in [-0.39, 0.29) is 23.3 Å². The van der Waals surface area contributed by atoms with Crippen molar-refractivity contribution in [3.8, 4) is 5.75 Å². The Bertz CT molecular complexity index is 485. The predicted octanol–water partition coefficient (Wildman–Crippen LogP) is 1.12. The Kier molecular flexibility index (Phi) is 3.78. The van der Waals surface area contributed by atoms with Crippen LogP contribution in [0, 0.1) is 11.7 Å². The van der Waals surface area contributed by atoms with E-state index in [1.54, 1.807) is 6.07 Å². The Hall–Kier alpha value is -1.98. The Morgan fingerprint density at radius 2 is 2.05 bits per heavy atom. The van der Waals surface area contributed by atoms with Gasteiger partial charge in [-0.2, -0.15) is 0 Å². The first-order chi connectivity index (χ1) is 9.02. The zero-order valence-corrected chi connectivity index (χ0v) is 10.9. The molecule has 104 valence electrons. The monoisotopic (exact) mass is 267 g/mol. The number of primary amides is 1. The van der Waals surface area contributed by atoms with Crippen LogP contribution in [0.3, 0.4) is 0 Å². The summed E-state index contributed by atoms with van der Waals surface area (Å²) in [4.78, 5) is 13.0. The molecule has 1 aliphatic rings. The fourth-order valence-corrected chi connectivity index (χ4v) is 2.38. The van der Waals surface area contributed by atoms with Crippen molar-refractivity contribution in [3.05, 3.63) is 17.9 Å². The summed E-state index contributed by atoms with van der Waals surface area (Å²) in [7, 11) is 1.49. The van der Waals surface area contributed by atoms with Gasteiger partial charge in [0.15, 0.2) is 0 Å². The number of halogens is 1. The molecule has 1 aromatic rings. The lowest BCUT2D eigenvalue weighted by Crippen LogP contribution is -2.38. The summed E-state index contributed by atoms with van der Waals surface area (Å²) < 4.78 is 19.0. The Morgan fingerprint density at radius 3 is 2.58 bits per heavy atom. The minimum Gasteiger partial charge on any atom is -0.495 e. The van der Waals surface area contributed by atoms with E-state index in [4.69, 9.17) is 16.2 Å². The van der Waals surface area contributed by atoms with Crippen LogP contribution < -0.4 is 21.1 Å². The van der Waals surface area contributed by atoms with Gasteiger partial charge in [-0.05, 0) is 12.8 Å². The van der Waals surface area contributed by atoms with Gasteiger partial charge in [-0.1, -0.05) is 0 Å². The lowest BCUT2D eigenvalue weighted by atomic mass is 9.96. The van der Waals surface area contributed by atoms with Crippen molar-refractivity contribution >= 4 is 17.3 Å². The van der Waals surface area contributed by atoms with Crippen LogP contribution in [0.25, 0.3) is 0 Å². The Balaban J connectivity index is 2.17. The molecule has 4 N–H and O–H groups in total. The molecule has 0 aromatic heterocycles. The maximum Gasteiger partial charge on any atom is 0.220 e. The SMILES string of the molecule is COc1cc(N2CCC(C(N)=O)CC2)c(F)cc1N. The van der Waals surface area contributed by atoms with E-state index in [1.165, 1.54) is 13.2 Å². The van der Waals surface area contributed by atoms with Crippen LogP contribution in [-0.4, -0.2) is 26.1 Å². The molecule has 0 radical (unpaired) electrons. The van der Waals surface area contributed by atoms with E-state index in [0.717, 1.165) is 0 Å². The lowest BCUT2D eigenvalue weighted by molar-refractivity contribution is -0.122. The maximum atomic E-state index is 13.9. The molecule has 6 heteroatoms. The number of methoxy groups -OCH3 is 1. The molecule has 1 aromatic carbocycles. The minimum absolute atomic E-state index is 0.116. The summed E-state index contributed by atoms with van der Waals surface area (Å²) in [6, 6.07) is 2.85. The number of carbonyl (C=O) groups is 1. The van der Waals surface area contributed by atoms with Gasteiger partial charge in [0.05, 0.1) is 18.5 Å². The maximum absolute atomic E-state index is 13.9. The molecule has 1 aliphatic heterocycles. The fourth-order valence-electron chi connectivity index (χ4n) is 2.38. The minimum atomic E-state index is -0.379. The average Bonchev–Trinajstić information content (AvgIpc) is 2.39. The smallest absolute Gasteiger partial charge is 0.220 e. The molecular formula is C13H18FN3O2. The number of anilines is 2. The van der Waals surface area contributed by atoms with Crippen molar-refractivity contribution in [1.82, 2.24) is 0 Å². The summed E-state index contributed by atoms with van der Waals surface area (Å²) in [5, 5.41) is 0. The van der Waals surface area contributed by atoms with E-state index < -0.39 is 0 Å². The first kappa shape index (κ1) is 13.5. The van der Waals surface area contributed by atoms with Gasteiger partial charge in [0.25, 0.3) is 0 Å². The molecule has 0 bridgehead atoms. The van der Waals surface area contributed by atoms with Crippen molar-refractivity contribution in [2.45, 2.75) is 12.8 Å². The standard InChI is InChI=1S/C13H18FN3O2/c1-19-12-7-11(9(14)6-10(12)15)17-4-2-8(3-5-17)13(16)18/h6-8H,2-5,15H2,1H3,(H2,16,18). The lowest BCUT2D eigenvalue weighted by Gasteiger charge is -2.32. The van der Waals surface area contributed by atoms with Crippen molar-refractivity contribution in [1.29, 1.82) is 0 Å². The molecule has 0 aliphatic carbocycles. The van der Waals surface area contributed by atoms with Gasteiger partial charge in [0.2, 0.25) is 5.91 Å². The normalized spacial score (nSPS) is 16.4. The molecule has 0 spiro atoms. The molecule has 5 nitrogen and oxygen atoms in total. The third kappa shape index (κ3) is 2.72. The number of rotatable bonds is 3. The molecule has 0 atom stereocenters. The van der Waals surface area contributed by atoms with Crippen molar-refractivity contribution < 1.29 is 13.9 Å². The van der Waals surface area contributed by atoms with Gasteiger partial charge < -0.3 is 21.1 Å². The molecule has 1 heterocycles. The second-order valence-electron chi connectivity index (χ2n) is 4.71. The molecule has 2 rings (SSSR count). The van der Waals surface area contributed by atoms with Crippen molar-refractivity contribution in [2.75, 3.05) is 30.8 Å². The third-order valence-electron chi connectivity index (χ3n) is 3.54. The van der Waals surface area contributed by atoms with Gasteiger partial charge in [-0.15, -0.1) is 0 Å². The predicted molar refractivity (Wildman–Crippen MR) is 71.5 cm³/mol. The number of hydrogen-bond donors (Lipinski definition) is 2. The number of piperidine rings is 1. The van der Waals surface area contributed by atoms with E-state index in [0.29, 0.717) is 37.4 Å². The number of carbonyl (C=O) groups excluding carboxylic acids is 1. The second kappa shape index (κ2) is 5.34. The first-order valence-corrected chi connectivity index (χ1v) is 6.20.